The minimum absolute atomic E-state index is 1.12. The Morgan fingerprint density at radius 3 is 2.67 bits per heavy atom. The maximum absolute atomic E-state index is 3.89. The van der Waals surface area contributed by atoms with E-state index in [0.717, 1.165) is 6.54 Å². The van der Waals surface area contributed by atoms with Crippen molar-refractivity contribution in [2.24, 2.45) is 4.99 Å². The van der Waals surface area contributed by atoms with Gasteiger partial charge in [-0.1, -0.05) is 13.3 Å². The fraction of sp³-hybridized carbons (Fsp3) is 0.857. The number of unbranched alkanes of at least 4 members (excludes halogenated alkanes) is 1. The van der Waals surface area contributed by atoms with Crippen molar-refractivity contribution in [1.29, 1.82) is 0 Å². The van der Waals surface area contributed by atoms with Crippen LogP contribution in [-0.4, -0.2) is 31.9 Å². The average Bonchev–Trinajstić information content (AvgIpc) is 1.85. The van der Waals surface area contributed by atoms with E-state index in [9.17, 15) is 0 Å². The first kappa shape index (κ1) is 8.47. The van der Waals surface area contributed by atoms with Gasteiger partial charge in [0.25, 0.3) is 0 Å². The van der Waals surface area contributed by atoms with Crippen LogP contribution in [0.5, 0.6) is 0 Å². The van der Waals surface area contributed by atoms with E-state index in [0.29, 0.717) is 0 Å². The van der Waals surface area contributed by atoms with Crippen LogP contribution < -0.4 is 0 Å². The van der Waals surface area contributed by atoms with Gasteiger partial charge in [0.05, 0.1) is 6.34 Å². The van der Waals surface area contributed by atoms with Crippen LogP contribution in [0.1, 0.15) is 19.8 Å². The highest BCUT2D eigenvalue weighted by Crippen LogP contribution is 1.87. The SMILES string of the molecule is CCCCN(C)C=NC. The number of hydrogen-bond acceptors (Lipinski definition) is 1. The zero-order valence-corrected chi connectivity index (χ0v) is 6.59. The quantitative estimate of drug-likeness (QED) is 0.412. The molecule has 0 amide bonds. The van der Waals surface area contributed by atoms with Crippen LogP contribution in [0.2, 0.25) is 0 Å². The van der Waals surface area contributed by atoms with E-state index >= 15 is 0 Å². The minimum Gasteiger partial charge on any atom is -0.366 e. The first-order chi connectivity index (χ1) is 4.31. The summed E-state index contributed by atoms with van der Waals surface area (Å²) in [6.07, 6.45) is 4.36. The Hall–Kier alpha value is -0.530. The normalized spacial score (nSPS) is 10.6. The molecule has 0 atom stereocenters. The summed E-state index contributed by atoms with van der Waals surface area (Å²) < 4.78 is 0. The fourth-order valence-electron chi connectivity index (χ4n) is 0.662. The van der Waals surface area contributed by atoms with Gasteiger partial charge in [-0.15, -0.1) is 0 Å². The molecule has 2 heteroatoms. The zero-order valence-electron chi connectivity index (χ0n) is 6.59. The van der Waals surface area contributed by atoms with Crippen molar-refractivity contribution < 1.29 is 0 Å². The summed E-state index contributed by atoms with van der Waals surface area (Å²) in [5.41, 5.74) is 0. The first-order valence-electron chi connectivity index (χ1n) is 3.43. The number of aliphatic imine (C=N–C) groups is 1. The molecule has 9 heavy (non-hydrogen) atoms. The molecule has 0 aromatic heterocycles. The molecule has 0 radical (unpaired) electrons. The molecule has 0 heterocycles. The van der Waals surface area contributed by atoms with Crippen molar-refractivity contribution in [1.82, 2.24) is 4.90 Å². The summed E-state index contributed by atoms with van der Waals surface area (Å²) in [6, 6.07) is 0. The Morgan fingerprint density at radius 1 is 1.56 bits per heavy atom. The highest BCUT2D eigenvalue weighted by molar-refractivity contribution is 5.53. The van der Waals surface area contributed by atoms with E-state index < -0.39 is 0 Å². The third kappa shape index (κ3) is 5.34. The summed E-state index contributed by atoms with van der Waals surface area (Å²) in [4.78, 5) is 5.99. The molecule has 0 spiro atoms. The molecule has 0 saturated heterocycles. The van der Waals surface area contributed by atoms with Gasteiger partial charge in [0, 0.05) is 20.6 Å². The molecule has 0 saturated carbocycles. The van der Waals surface area contributed by atoms with Crippen molar-refractivity contribution in [3.8, 4) is 0 Å². The third-order valence-electron chi connectivity index (χ3n) is 1.18. The van der Waals surface area contributed by atoms with E-state index in [2.05, 4.69) is 16.8 Å². The average molecular weight is 128 g/mol. The lowest BCUT2D eigenvalue weighted by Gasteiger charge is -2.10. The number of nitrogens with zero attached hydrogens (tertiary/aromatic N) is 2. The van der Waals surface area contributed by atoms with Gasteiger partial charge < -0.3 is 4.90 Å². The lowest BCUT2D eigenvalue weighted by Crippen LogP contribution is -2.16. The molecule has 0 aliphatic rings. The van der Waals surface area contributed by atoms with Gasteiger partial charge in [0.15, 0.2) is 0 Å². The maximum atomic E-state index is 3.89. The van der Waals surface area contributed by atoms with Gasteiger partial charge in [0.2, 0.25) is 0 Å². The Morgan fingerprint density at radius 2 is 2.22 bits per heavy atom. The van der Waals surface area contributed by atoms with Crippen molar-refractivity contribution >= 4 is 6.34 Å². The molecule has 0 unspecified atom stereocenters. The van der Waals surface area contributed by atoms with Gasteiger partial charge >= 0.3 is 0 Å². The molecule has 0 aliphatic heterocycles. The molecule has 0 aromatic rings. The van der Waals surface area contributed by atoms with E-state index in [4.69, 9.17) is 0 Å². The van der Waals surface area contributed by atoms with Crippen LogP contribution in [0, 0.1) is 0 Å². The number of rotatable bonds is 4. The Kier molecular flexibility index (Phi) is 5.27. The molecule has 0 bridgehead atoms. The lowest BCUT2D eigenvalue weighted by molar-refractivity contribution is 0.497. The topological polar surface area (TPSA) is 15.6 Å². The second-order valence-corrected chi connectivity index (χ2v) is 2.21. The second-order valence-electron chi connectivity index (χ2n) is 2.21. The molecule has 2 nitrogen and oxygen atoms in total. The molecule has 0 N–H and O–H groups in total. The Bertz CT molecular complexity index is 79.0. The monoisotopic (exact) mass is 128 g/mol. The Labute approximate surface area is 57.6 Å². The van der Waals surface area contributed by atoms with Crippen molar-refractivity contribution in [2.75, 3.05) is 20.6 Å². The molecule has 54 valence electrons. The van der Waals surface area contributed by atoms with Crippen LogP contribution in [0.3, 0.4) is 0 Å². The van der Waals surface area contributed by atoms with Gasteiger partial charge in [-0.2, -0.15) is 0 Å². The van der Waals surface area contributed by atoms with E-state index in [1.807, 2.05) is 13.4 Å². The lowest BCUT2D eigenvalue weighted by atomic mass is 10.3. The smallest absolute Gasteiger partial charge is 0.0843 e. The van der Waals surface area contributed by atoms with Gasteiger partial charge in [-0.25, -0.2) is 0 Å². The van der Waals surface area contributed by atoms with Crippen LogP contribution in [0.4, 0.5) is 0 Å². The zero-order chi connectivity index (χ0) is 7.11. The summed E-state index contributed by atoms with van der Waals surface area (Å²) in [6.45, 7) is 3.31. The predicted molar refractivity (Wildman–Crippen MR) is 42.0 cm³/mol. The first-order valence-corrected chi connectivity index (χ1v) is 3.43. The molecular formula is C7H16N2. The van der Waals surface area contributed by atoms with Crippen LogP contribution in [0.15, 0.2) is 4.99 Å². The number of hydrogen-bond donors (Lipinski definition) is 0. The van der Waals surface area contributed by atoms with Crippen LogP contribution in [0.25, 0.3) is 0 Å². The summed E-state index contributed by atoms with van der Waals surface area (Å²) >= 11 is 0. The van der Waals surface area contributed by atoms with Gasteiger partial charge in [0.1, 0.15) is 0 Å². The Balaban J connectivity index is 3.15. The van der Waals surface area contributed by atoms with E-state index in [1.165, 1.54) is 12.8 Å². The van der Waals surface area contributed by atoms with Crippen LogP contribution >= 0.6 is 0 Å². The van der Waals surface area contributed by atoms with Gasteiger partial charge in [-0.05, 0) is 6.42 Å². The maximum Gasteiger partial charge on any atom is 0.0843 e. The summed E-state index contributed by atoms with van der Waals surface area (Å²) in [7, 11) is 3.84. The molecule has 0 rings (SSSR count). The standard InChI is InChI=1S/C7H16N2/c1-4-5-6-9(3)7-8-2/h7H,4-6H2,1-3H3. The summed E-state index contributed by atoms with van der Waals surface area (Å²) in [5, 5.41) is 0. The van der Waals surface area contributed by atoms with Crippen LogP contribution in [-0.2, 0) is 0 Å². The largest absolute Gasteiger partial charge is 0.366 e. The molecule has 0 fully saturated rings. The molecule has 0 aliphatic carbocycles. The van der Waals surface area contributed by atoms with Crippen molar-refractivity contribution in [3.05, 3.63) is 0 Å². The molecule has 0 aromatic carbocycles. The van der Waals surface area contributed by atoms with Gasteiger partial charge in [-0.3, -0.25) is 4.99 Å². The third-order valence-corrected chi connectivity index (χ3v) is 1.18. The highest BCUT2D eigenvalue weighted by atomic mass is 15.1. The fourth-order valence-corrected chi connectivity index (χ4v) is 0.662. The minimum atomic E-state index is 1.12. The van der Waals surface area contributed by atoms with Crippen molar-refractivity contribution in [2.45, 2.75) is 19.8 Å². The molecular weight excluding hydrogens is 112 g/mol. The summed E-state index contributed by atoms with van der Waals surface area (Å²) in [5.74, 6) is 0. The highest BCUT2D eigenvalue weighted by Gasteiger charge is 1.87. The van der Waals surface area contributed by atoms with E-state index in [-0.39, 0.29) is 0 Å². The predicted octanol–water partition coefficient (Wildman–Crippen LogP) is 1.38. The van der Waals surface area contributed by atoms with E-state index in [1.54, 1.807) is 7.05 Å². The van der Waals surface area contributed by atoms with Crippen molar-refractivity contribution in [3.63, 3.8) is 0 Å². The second kappa shape index (κ2) is 5.60.